The van der Waals surface area contributed by atoms with Gasteiger partial charge in [-0.2, -0.15) is 0 Å². The van der Waals surface area contributed by atoms with Crippen molar-refractivity contribution in [1.29, 1.82) is 0 Å². The molecule has 3 aromatic rings. The molecule has 1 unspecified atom stereocenters. The lowest BCUT2D eigenvalue weighted by Crippen LogP contribution is -2.43. The Hall–Kier alpha value is -3.88. The van der Waals surface area contributed by atoms with E-state index in [0.717, 1.165) is 16.7 Å². The Morgan fingerprint density at radius 3 is 2.06 bits per heavy atom. The Labute approximate surface area is 206 Å². The first-order chi connectivity index (χ1) is 17.2. The van der Waals surface area contributed by atoms with Crippen molar-refractivity contribution in [3.63, 3.8) is 0 Å². The lowest BCUT2D eigenvalue weighted by Gasteiger charge is -2.28. The summed E-state index contributed by atoms with van der Waals surface area (Å²) in [7, 11) is 1.36. The standard InChI is InChI=1S/C30H29NO4/c1-34-30(33)27-20-24(22-35-19-11-14-23-12-5-2-6-13-23)21-31(27)29(32)28(25-15-7-3-8-16-25)26-17-9-4-10-18-26/h2-10,12-13,15-18,24,27-28H,19-22H2,1H3/t24?,27-/m0/s1. The normalized spacial score (nSPS) is 17.0. The van der Waals surface area contributed by atoms with Gasteiger partial charge in [0.1, 0.15) is 12.6 Å². The van der Waals surface area contributed by atoms with E-state index in [1.165, 1.54) is 7.11 Å². The van der Waals surface area contributed by atoms with Crippen molar-refractivity contribution in [3.05, 3.63) is 108 Å². The van der Waals surface area contributed by atoms with Gasteiger partial charge in [-0.3, -0.25) is 4.79 Å². The van der Waals surface area contributed by atoms with Crippen LogP contribution >= 0.6 is 0 Å². The highest BCUT2D eigenvalue weighted by Crippen LogP contribution is 2.32. The van der Waals surface area contributed by atoms with E-state index in [2.05, 4.69) is 11.8 Å². The molecule has 5 heteroatoms. The molecule has 0 aromatic heterocycles. The van der Waals surface area contributed by atoms with E-state index in [1.54, 1.807) is 4.90 Å². The average molecular weight is 468 g/mol. The zero-order chi connectivity index (χ0) is 24.5. The van der Waals surface area contributed by atoms with Crippen LogP contribution < -0.4 is 0 Å². The minimum Gasteiger partial charge on any atom is -0.467 e. The minimum absolute atomic E-state index is 0.0220. The predicted octanol–water partition coefficient (Wildman–Crippen LogP) is 4.28. The molecule has 5 nitrogen and oxygen atoms in total. The zero-order valence-corrected chi connectivity index (χ0v) is 19.8. The van der Waals surface area contributed by atoms with Crippen molar-refractivity contribution >= 4 is 11.9 Å². The van der Waals surface area contributed by atoms with Crippen LogP contribution in [0.25, 0.3) is 0 Å². The van der Waals surface area contributed by atoms with Crippen molar-refractivity contribution in [3.8, 4) is 11.8 Å². The number of carbonyl (C=O) groups is 2. The van der Waals surface area contributed by atoms with Gasteiger partial charge in [0.2, 0.25) is 5.91 Å². The molecule has 1 aliphatic heterocycles. The maximum Gasteiger partial charge on any atom is 0.328 e. The number of nitrogens with zero attached hydrogens (tertiary/aromatic N) is 1. The van der Waals surface area contributed by atoms with Gasteiger partial charge in [0, 0.05) is 18.0 Å². The van der Waals surface area contributed by atoms with Gasteiger partial charge in [0.15, 0.2) is 0 Å². The molecule has 3 aromatic carbocycles. The molecule has 4 rings (SSSR count). The van der Waals surface area contributed by atoms with Crippen molar-refractivity contribution in [2.24, 2.45) is 5.92 Å². The molecule has 0 spiro atoms. The fourth-order valence-corrected chi connectivity index (χ4v) is 4.52. The molecular formula is C30H29NO4. The van der Waals surface area contributed by atoms with Crippen LogP contribution in [0, 0.1) is 17.8 Å². The maximum absolute atomic E-state index is 13.9. The Kier molecular flexibility index (Phi) is 8.32. The van der Waals surface area contributed by atoms with Gasteiger partial charge in [0.25, 0.3) is 0 Å². The van der Waals surface area contributed by atoms with Crippen LogP contribution in [0.5, 0.6) is 0 Å². The summed E-state index contributed by atoms with van der Waals surface area (Å²) >= 11 is 0. The molecule has 0 bridgehead atoms. The number of carbonyl (C=O) groups excluding carboxylic acids is 2. The van der Waals surface area contributed by atoms with E-state index in [0.29, 0.717) is 26.2 Å². The number of ether oxygens (including phenoxy) is 2. The van der Waals surface area contributed by atoms with E-state index >= 15 is 0 Å². The first-order valence-corrected chi connectivity index (χ1v) is 11.8. The summed E-state index contributed by atoms with van der Waals surface area (Å²) in [6.07, 6.45) is 0.501. The number of benzene rings is 3. The van der Waals surface area contributed by atoms with E-state index in [4.69, 9.17) is 9.47 Å². The van der Waals surface area contributed by atoms with E-state index in [1.807, 2.05) is 91.0 Å². The highest BCUT2D eigenvalue weighted by molar-refractivity contribution is 5.91. The van der Waals surface area contributed by atoms with Gasteiger partial charge >= 0.3 is 5.97 Å². The third-order valence-corrected chi connectivity index (χ3v) is 6.19. The fourth-order valence-electron chi connectivity index (χ4n) is 4.52. The molecule has 0 N–H and O–H groups in total. The topological polar surface area (TPSA) is 55.8 Å². The quantitative estimate of drug-likeness (QED) is 0.296. The molecule has 1 fully saturated rings. The van der Waals surface area contributed by atoms with Gasteiger partial charge < -0.3 is 14.4 Å². The molecule has 2 atom stereocenters. The smallest absolute Gasteiger partial charge is 0.328 e. The van der Waals surface area contributed by atoms with Gasteiger partial charge in [-0.05, 0) is 29.7 Å². The number of likely N-dealkylation sites (tertiary alicyclic amines) is 1. The molecular weight excluding hydrogens is 438 g/mol. The second-order valence-electron chi connectivity index (χ2n) is 8.57. The van der Waals surface area contributed by atoms with E-state index < -0.39 is 17.9 Å². The number of hydrogen-bond acceptors (Lipinski definition) is 4. The van der Waals surface area contributed by atoms with Gasteiger partial charge in [-0.1, -0.05) is 90.7 Å². The van der Waals surface area contributed by atoms with Crippen LogP contribution in [0.2, 0.25) is 0 Å². The summed E-state index contributed by atoms with van der Waals surface area (Å²) in [5, 5.41) is 0. The third-order valence-electron chi connectivity index (χ3n) is 6.19. The molecule has 1 heterocycles. The Balaban J connectivity index is 1.47. The summed E-state index contributed by atoms with van der Waals surface area (Å²) in [4.78, 5) is 28.2. The minimum atomic E-state index is -0.633. The van der Waals surface area contributed by atoms with Crippen LogP contribution in [0.15, 0.2) is 91.0 Å². The number of amides is 1. The summed E-state index contributed by atoms with van der Waals surface area (Å²) < 4.78 is 10.8. The molecule has 35 heavy (non-hydrogen) atoms. The zero-order valence-electron chi connectivity index (χ0n) is 19.8. The summed E-state index contributed by atoms with van der Waals surface area (Å²) in [6, 6.07) is 28.5. The SMILES string of the molecule is COC(=O)[C@@H]1CC(COCC#Cc2ccccc2)CN1C(=O)C(c1ccccc1)c1ccccc1. The summed E-state index contributed by atoms with van der Waals surface area (Å²) in [5.74, 6) is 5.11. The maximum atomic E-state index is 13.9. The average Bonchev–Trinajstić information content (AvgIpc) is 3.34. The Morgan fingerprint density at radius 2 is 1.49 bits per heavy atom. The second kappa shape index (κ2) is 12.0. The van der Waals surface area contributed by atoms with Crippen molar-refractivity contribution < 1.29 is 19.1 Å². The monoisotopic (exact) mass is 467 g/mol. The lowest BCUT2D eigenvalue weighted by atomic mass is 9.90. The highest BCUT2D eigenvalue weighted by atomic mass is 16.5. The summed E-state index contributed by atoms with van der Waals surface area (Å²) in [6.45, 7) is 1.14. The number of rotatable bonds is 7. The molecule has 178 valence electrons. The molecule has 1 amide bonds. The van der Waals surface area contributed by atoms with Crippen LogP contribution in [0.1, 0.15) is 29.0 Å². The summed E-state index contributed by atoms with van der Waals surface area (Å²) in [5.41, 5.74) is 2.72. The van der Waals surface area contributed by atoms with Gasteiger partial charge in [-0.15, -0.1) is 0 Å². The van der Waals surface area contributed by atoms with Crippen LogP contribution in [-0.2, 0) is 19.1 Å². The van der Waals surface area contributed by atoms with Crippen LogP contribution in [0.4, 0.5) is 0 Å². The first kappa shape index (κ1) is 24.3. The fraction of sp³-hybridized carbons (Fsp3) is 0.267. The van der Waals surface area contributed by atoms with Crippen LogP contribution in [0.3, 0.4) is 0 Å². The number of esters is 1. The van der Waals surface area contributed by atoms with Crippen molar-refractivity contribution in [1.82, 2.24) is 4.90 Å². The molecule has 1 saturated heterocycles. The largest absolute Gasteiger partial charge is 0.467 e. The van der Waals surface area contributed by atoms with Gasteiger partial charge in [0.05, 0.1) is 19.6 Å². The molecule has 1 aliphatic rings. The molecule has 0 radical (unpaired) electrons. The number of hydrogen-bond donors (Lipinski definition) is 0. The lowest BCUT2D eigenvalue weighted by molar-refractivity contribution is -0.151. The molecule has 0 saturated carbocycles. The Bertz CT molecular complexity index is 1130. The van der Waals surface area contributed by atoms with Crippen LogP contribution in [-0.4, -0.2) is 49.7 Å². The Morgan fingerprint density at radius 1 is 0.914 bits per heavy atom. The second-order valence-corrected chi connectivity index (χ2v) is 8.57. The van der Waals surface area contributed by atoms with Crippen molar-refractivity contribution in [2.75, 3.05) is 26.9 Å². The number of methoxy groups -OCH3 is 1. The van der Waals surface area contributed by atoms with Gasteiger partial charge in [-0.25, -0.2) is 4.79 Å². The highest BCUT2D eigenvalue weighted by Gasteiger charge is 2.42. The third kappa shape index (κ3) is 6.17. The first-order valence-electron chi connectivity index (χ1n) is 11.8. The van der Waals surface area contributed by atoms with E-state index in [-0.39, 0.29) is 11.8 Å². The predicted molar refractivity (Wildman–Crippen MR) is 134 cm³/mol. The van der Waals surface area contributed by atoms with Crippen molar-refractivity contribution in [2.45, 2.75) is 18.4 Å². The van der Waals surface area contributed by atoms with E-state index in [9.17, 15) is 9.59 Å². The molecule has 0 aliphatic carbocycles.